The molecule has 0 unspecified atom stereocenters. The molecule has 0 atom stereocenters. The number of sulfonamides is 1. The summed E-state index contributed by atoms with van der Waals surface area (Å²) in [4.78, 5) is 15.2. The van der Waals surface area contributed by atoms with Crippen molar-refractivity contribution < 1.29 is 17.9 Å². The van der Waals surface area contributed by atoms with Crippen LogP contribution in [0, 0.1) is 0 Å². The van der Waals surface area contributed by atoms with Gasteiger partial charge in [-0.3, -0.25) is 4.79 Å². The van der Waals surface area contributed by atoms with Gasteiger partial charge < -0.3 is 9.64 Å². The van der Waals surface area contributed by atoms with E-state index in [9.17, 15) is 13.2 Å². The molecular weight excluding hydrogens is 412 g/mol. The Morgan fingerprint density at radius 3 is 2.06 bits per heavy atom. The van der Waals surface area contributed by atoms with Crippen LogP contribution >= 0.6 is 0 Å². The number of nitrogens with zero attached hydrogens (tertiary/aromatic N) is 2. The molecule has 1 heterocycles. The van der Waals surface area contributed by atoms with E-state index in [2.05, 4.69) is 0 Å². The molecule has 0 aromatic heterocycles. The Balaban J connectivity index is 1.49. The molecule has 3 aromatic rings. The molecule has 3 aromatic carbocycles. The Bertz CT molecular complexity index is 1150. The highest BCUT2D eigenvalue weighted by atomic mass is 32.2. The van der Waals surface area contributed by atoms with E-state index in [1.807, 2.05) is 54.6 Å². The van der Waals surface area contributed by atoms with Crippen molar-refractivity contribution in [2.45, 2.75) is 4.90 Å². The first-order chi connectivity index (χ1) is 15.0. The minimum Gasteiger partial charge on any atom is -0.497 e. The first-order valence-electron chi connectivity index (χ1n) is 10.1. The van der Waals surface area contributed by atoms with Crippen molar-refractivity contribution in [3.63, 3.8) is 0 Å². The third-order valence-electron chi connectivity index (χ3n) is 5.47. The number of benzene rings is 3. The SMILES string of the molecule is COc1ccc(S(=O)(=O)N2CCN(C(=O)c3ccccc3-c3ccccc3)CC2)cc1. The van der Waals surface area contributed by atoms with E-state index < -0.39 is 10.0 Å². The summed E-state index contributed by atoms with van der Waals surface area (Å²) in [5.41, 5.74) is 2.48. The lowest BCUT2D eigenvalue weighted by Gasteiger charge is -2.34. The predicted molar refractivity (Wildman–Crippen MR) is 120 cm³/mol. The fourth-order valence-electron chi connectivity index (χ4n) is 3.74. The molecule has 0 aliphatic carbocycles. The summed E-state index contributed by atoms with van der Waals surface area (Å²) in [5.74, 6) is 0.521. The van der Waals surface area contributed by atoms with Gasteiger partial charge >= 0.3 is 0 Å². The van der Waals surface area contributed by atoms with Crippen LogP contribution in [-0.4, -0.2) is 56.8 Å². The van der Waals surface area contributed by atoms with Crippen molar-refractivity contribution in [3.05, 3.63) is 84.4 Å². The summed E-state index contributed by atoms with van der Waals surface area (Å²) >= 11 is 0. The second-order valence-electron chi connectivity index (χ2n) is 7.28. The Labute approximate surface area is 182 Å². The zero-order chi connectivity index (χ0) is 21.8. The van der Waals surface area contributed by atoms with E-state index in [4.69, 9.17) is 4.74 Å². The van der Waals surface area contributed by atoms with Crippen LogP contribution in [0.5, 0.6) is 5.75 Å². The van der Waals surface area contributed by atoms with Crippen molar-refractivity contribution in [2.75, 3.05) is 33.3 Å². The number of hydrogen-bond acceptors (Lipinski definition) is 4. The van der Waals surface area contributed by atoms with Crippen molar-refractivity contribution in [1.82, 2.24) is 9.21 Å². The zero-order valence-corrected chi connectivity index (χ0v) is 18.1. The zero-order valence-electron chi connectivity index (χ0n) is 17.3. The van der Waals surface area contributed by atoms with Crippen molar-refractivity contribution in [1.29, 1.82) is 0 Å². The summed E-state index contributed by atoms with van der Waals surface area (Å²) in [6, 6.07) is 23.7. The maximum absolute atomic E-state index is 13.2. The molecular formula is C24H24N2O4S. The van der Waals surface area contributed by atoms with Crippen LogP contribution in [-0.2, 0) is 10.0 Å². The summed E-state index contributed by atoms with van der Waals surface area (Å²) in [6.07, 6.45) is 0. The van der Waals surface area contributed by atoms with Crippen LogP contribution in [0.4, 0.5) is 0 Å². The van der Waals surface area contributed by atoms with Gasteiger partial charge in [-0.1, -0.05) is 48.5 Å². The van der Waals surface area contributed by atoms with Gasteiger partial charge in [-0.15, -0.1) is 0 Å². The number of ether oxygens (including phenoxy) is 1. The van der Waals surface area contributed by atoms with Crippen molar-refractivity contribution in [3.8, 4) is 16.9 Å². The molecule has 160 valence electrons. The van der Waals surface area contributed by atoms with Gasteiger partial charge in [0, 0.05) is 31.7 Å². The maximum Gasteiger partial charge on any atom is 0.254 e. The first kappa shape index (κ1) is 21.1. The van der Waals surface area contributed by atoms with Gasteiger partial charge in [0.1, 0.15) is 5.75 Å². The molecule has 7 heteroatoms. The Hall–Kier alpha value is -3.16. The average molecular weight is 437 g/mol. The number of carbonyl (C=O) groups is 1. The highest BCUT2D eigenvalue weighted by molar-refractivity contribution is 7.89. The van der Waals surface area contributed by atoms with Gasteiger partial charge in [0.25, 0.3) is 5.91 Å². The average Bonchev–Trinajstić information content (AvgIpc) is 2.84. The molecule has 6 nitrogen and oxygen atoms in total. The number of methoxy groups -OCH3 is 1. The molecule has 0 radical (unpaired) electrons. The van der Waals surface area contributed by atoms with Gasteiger partial charge in [0.05, 0.1) is 12.0 Å². The molecule has 1 fully saturated rings. The molecule has 31 heavy (non-hydrogen) atoms. The number of hydrogen-bond donors (Lipinski definition) is 0. The molecule has 0 N–H and O–H groups in total. The molecule has 1 aliphatic rings. The van der Waals surface area contributed by atoms with Gasteiger partial charge in [-0.2, -0.15) is 4.31 Å². The standard InChI is InChI=1S/C24H24N2O4S/c1-30-20-11-13-21(14-12-20)31(28,29)26-17-15-25(16-18-26)24(27)23-10-6-5-9-22(23)19-7-3-2-4-8-19/h2-14H,15-18H2,1H3. The van der Waals surface area contributed by atoms with Gasteiger partial charge in [0.2, 0.25) is 10.0 Å². The Morgan fingerprint density at radius 2 is 1.42 bits per heavy atom. The number of carbonyl (C=O) groups excluding carboxylic acids is 1. The van der Waals surface area contributed by atoms with Crippen molar-refractivity contribution in [2.24, 2.45) is 0 Å². The van der Waals surface area contributed by atoms with Gasteiger partial charge in [-0.25, -0.2) is 8.42 Å². The fourth-order valence-corrected chi connectivity index (χ4v) is 5.16. The number of rotatable bonds is 5. The molecule has 0 bridgehead atoms. The third kappa shape index (κ3) is 4.33. The smallest absolute Gasteiger partial charge is 0.254 e. The number of amides is 1. The van der Waals surface area contributed by atoms with Crippen LogP contribution < -0.4 is 4.74 Å². The molecule has 0 saturated carbocycles. The lowest BCUT2D eigenvalue weighted by Crippen LogP contribution is -2.50. The molecule has 1 amide bonds. The van der Waals surface area contributed by atoms with Crippen LogP contribution in [0.3, 0.4) is 0 Å². The van der Waals surface area contributed by atoms with Crippen LogP contribution in [0.2, 0.25) is 0 Å². The van der Waals surface area contributed by atoms with Crippen LogP contribution in [0.25, 0.3) is 11.1 Å². The molecule has 1 saturated heterocycles. The highest BCUT2D eigenvalue weighted by Crippen LogP contribution is 2.26. The Kier molecular flexibility index (Phi) is 6.06. The van der Waals surface area contributed by atoms with E-state index in [-0.39, 0.29) is 23.9 Å². The molecule has 1 aliphatic heterocycles. The van der Waals surface area contributed by atoms with E-state index in [1.165, 1.54) is 11.4 Å². The Morgan fingerprint density at radius 1 is 0.806 bits per heavy atom. The fraction of sp³-hybridized carbons (Fsp3) is 0.208. The number of piperazine rings is 1. The molecule has 0 spiro atoms. The second kappa shape index (κ2) is 8.91. The molecule has 4 rings (SSSR count). The van der Waals surface area contributed by atoms with Gasteiger partial charge in [0.15, 0.2) is 0 Å². The first-order valence-corrected chi connectivity index (χ1v) is 11.5. The summed E-state index contributed by atoms with van der Waals surface area (Å²) in [7, 11) is -2.07. The third-order valence-corrected chi connectivity index (χ3v) is 7.38. The van der Waals surface area contributed by atoms with E-state index in [0.717, 1.165) is 11.1 Å². The minimum absolute atomic E-state index is 0.0825. The van der Waals surface area contributed by atoms with E-state index >= 15 is 0 Å². The summed E-state index contributed by atoms with van der Waals surface area (Å²) in [6.45, 7) is 1.20. The summed E-state index contributed by atoms with van der Waals surface area (Å²) < 4.78 is 32.4. The highest BCUT2D eigenvalue weighted by Gasteiger charge is 2.31. The van der Waals surface area contributed by atoms with Gasteiger partial charge in [-0.05, 0) is 41.5 Å². The monoisotopic (exact) mass is 436 g/mol. The second-order valence-corrected chi connectivity index (χ2v) is 9.22. The van der Waals surface area contributed by atoms with Crippen LogP contribution in [0.15, 0.2) is 83.8 Å². The largest absolute Gasteiger partial charge is 0.497 e. The normalized spacial score (nSPS) is 14.9. The lowest BCUT2D eigenvalue weighted by molar-refractivity contribution is 0.0698. The summed E-state index contributed by atoms with van der Waals surface area (Å²) in [5, 5.41) is 0. The lowest BCUT2D eigenvalue weighted by atomic mass is 9.99. The topological polar surface area (TPSA) is 66.9 Å². The predicted octanol–water partition coefficient (Wildman–Crippen LogP) is 3.51. The minimum atomic E-state index is -3.61. The van der Waals surface area contributed by atoms with E-state index in [1.54, 1.807) is 29.2 Å². The van der Waals surface area contributed by atoms with E-state index in [0.29, 0.717) is 24.4 Å². The quantitative estimate of drug-likeness (QED) is 0.614. The van der Waals surface area contributed by atoms with Crippen LogP contribution in [0.1, 0.15) is 10.4 Å². The van der Waals surface area contributed by atoms with Crippen molar-refractivity contribution >= 4 is 15.9 Å². The maximum atomic E-state index is 13.2.